The molecule has 0 atom stereocenters. The molecule has 1 aromatic heterocycles. The highest BCUT2D eigenvalue weighted by Gasteiger charge is 2.31. The molecular weight excluding hydrogens is 316 g/mol. The van der Waals surface area contributed by atoms with Gasteiger partial charge in [0, 0.05) is 6.04 Å². The van der Waals surface area contributed by atoms with Crippen molar-refractivity contribution in [3.63, 3.8) is 0 Å². The third-order valence-corrected chi connectivity index (χ3v) is 3.75. The van der Waals surface area contributed by atoms with E-state index in [9.17, 15) is 4.79 Å². The van der Waals surface area contributed by atoms with Gasteiger partial charge in [-0.2, -0.15) is 5.26 Å². The lowest BCUT2D eigenvalue weighted by atomic mass is 10.1. The second-order valence-corrected chi connectivity index (χ2v) is 6.81. The van der Waals surface area contributed by atoms with Crippen molar-refractivity contribution in [3.8, 4) is 6.07 Å². The zero-order chi connectivity index (χ0) is 17.0. The van der Waals surface area contributed by atoms with E-state index in [0.29, 0.717) is 5.82 Å². The number of hydrogen-bond acceptors (Lipinski definition) is 5. The van der Waals surface area contributed by atoms with Gasteiger partial charge in [-0.15, -0.1) is 0 Å². The third-order valence-electron chi connectivity index (χ3n) is 3.47. The number of halogens is 1. The SMILES string of the molecule is CC(C)(C)OC(=O)N(c1ccc(C#N)c(Cl)n1)C1CCNCC1. The molecule has 124 valence electrons. The average molecular weight is 337 g/mol. The van der Waals surface area contributed by atoms with Crippen LogP contribution in [0.4, 0.5) is 10.6 Å². The van der Waals surface area contributed by atoms with Crippen LogP contribution in [0.2, 0.25) is 5.15 Å². The number of ether oxygens (including phenoxy) is 1. The van der Waals surface area contributed by atoms with Gasteiger partial charge in [-0.05, 0) is 58.8 Å². The normalized spacial score (nSPS) is 15.8. The maximum atomic E-state index is 12.7. The molecule has 1 aliphatic heterocycles. The minimum Gasteiger partial charge on any atom is -0.443 e. The second kappa shape index (κ2) is 7.16. The number of pyridine rings is 1. The number of nitriles is 1. The maximum Gasteiger partial charge on any atom is 0.416 e. The molecule has 0 radical (unpaired) electrons. The van der Waals surface area contributed by atoms with Gasteiger partial charge in [-0.1, -0.05) is 11.6 Å². The number of amides is 1. The van der Waals surface area contributed by atoms with Crippen molar-refractivity contribution in [2.24, 2.45) is 0 Å². The first-order valence-corrected chi connectivity index (χ1v) is 7.99. The van der Waals surface area contributed by atoms with Crippen LogP contribution in [-0.2, 0) is 4.74 Å². The third kappa shape index (κ3) is 4.57. The number of carbonyl (C=O) groups excluding carboxylic acids is 1. The van der Waals surface area contributed by atoms with Gasteiger partial charge < -0.3 is 10.1 Å². The summed E-state index contributed by atoms with van der Waals surface area (Å²) in [5.74, 6) is 0.412. The summed E-state index contributed by atoms with van der Waals surface area (Å²) in [4.78, 5) is 18.4. The van der Waals surface area contributed by atoms with Crippen molar-refractivity contribution < 1.29 is 9.53 Å². The van der Waals surface area contributed by atoms with Gasteiger partial charge >= 0.3 is 6.09 Å². The molecule has 1 fully saturated rings. The van der Waals surface area contributed by atoms with Gasteiger partial charge in [0.05, 0.1) is 5.56 Å². The van der Waals surface area contributed by atoms with E-state index in [0.717, 1.165) is 25.9 Å². The monoisotopic (exact) mass is 336 g/mol. The highest BCUT2D eigenvalue weighted by molar-refractivity contribution is 6.30. The minimum absolute atomic E-state index is 0.0115. The van der Waals surface area contributed by atoms with E-state index >= 15 is 0 Å². The summed E-state index contributed by atoms with van der Waals surface area (Å²) in [5, 5.41) is 12.3. The lowest BCUT2D eigenvalue weighted by molar-refractivity contribution is 0.0558. The first-order chi connectivity index (χ1) is 10.8. The molecule has 0 unspecified atom stereocenters. The van der Waals surface area contributed by atoms with Crippen LogP contribution in [0.5, 0.6) is 0 Å². The molecule has 1 N–H and O–H groups in total. The summed E-state index contributed by atoms with van der Waals surface area (Å²) < 4.78 is 5.52. The van der Waals surface area contributed by atoms with Crippen LogP contribution < -0.4 is 10.2 Å². The number of piperidine rings is 1. The number of nitrogens with zero attached hydrogens (tertiary/aromatic N) is 3. The molecule has 0 spiro atoms. The zero-order valence-corrected chi connectivity index (χ0v) is 14.4. The largest absolute Gasteiger partial charge is 0.443 e. The number of aromatic nitrogens is 1. The molecule has 0 aromatic carbocycles. The molecule has 1 aromatic rings. The van der Waals surface area contributed by atoms with E-state index in [1.54, 1.807) is 17.0 Å². The lowest BCUT2D eigenvalue weighted by Crippen LogP contribution is -2.48. The highest BCUT2D eigenvalue weighted by Crippen LogP contribution is 2.25. The standard InChI is InChI=1S/C16H21ClN4O2/c1-16(2,3)23-15(22)21(12-6-8-19-9-7-12)13-5-4-11(10-18)14(17)20-13/h4-5,12,19H,6-9H2,1-3H3. The van der Waals surface area contributed by atoms with Crippen LogP contribution >= 0.6 is 11.6 Å². The molecule has 2 heterocycles. The number of carbonyl (C=O) groups is 1. The molecular formula is C16H21ClN4O2. The predicted octanol–water partition coefficient (Wildman–Crippen LogP) is 3.10. The summed E-state index contributed by atoms with van der Waals surface area (Å²) in [5.41, 5.74) is -0.316. The van der Waals surface area contributed by atoms with Crippen molar-refractivity contribution in [2.75, 3.05) is 18.0 Å². The molecule has 6 nitrogen and oxygen atoms in total. The van der Waals surface area contributed by atoms with E-state index in [2.05, 4.69) is 10.3 Å². The van der Waals surface area contributed by atoms with Crippen LogP contribution in [0.1, 0.15) is 39.2 Å². The van der Waals surface area contributed by atoms with Gasteiger partial charge in [-0.25, -0.2) is 9.78 Å². The molecule has 23 heavy (non-hydrogen) atoms. The van der Waals surface area contributed by atoms with Crippen LogP contribution in [0.15, 0.2) is 12.1 Å². The molecule has 0 saturated carbocycles. The molecule has 0 bridgehead atoms. The van der Waals surface area contributed by atoms with E-state index in [4.69, 9.17) is 21.6 Å². The Balaban J connectivity index is 2.34. The van der Waals surface area contributed by atoms with E-state index in [1.165, 1.54) is 0 Å². The summed E-state index contributed by atoms with van der Waals surface area (Å²) in [6.45, 7) is 7.13. The maximum absolute atomic E-state index is 12.7. The first kappa shape index (κ1) is 17.5. The van der Waals surface area contributed by atoms with Gasteiger partial charge in [0.15, 0.2) is 0 Å². The Bertz CT molecular complexity index is 615. The van der Waals surface area contributed by atoms with Crippen molar-refractivity contribution >= 4 is 23.5 Å². The average Bonchev–Trinajstić information content (AvgIpc) is 2.47. The molecule has 7 heteroatoms. The van der Waals surface area contributed by atoms with Crippen molar-refractivity contribution in [1.82, 2.24) is 10.3 Å². The number of rotatable bonds is 2. The van der Waals surface area contributed by atoms with Crippen molar-refractivity contribution in [2.45, 2.75) is 45.3 Å². The molecule has 0 aliphatic carbocycles. The second-order valence-electron chi connectivity index (χ2n) is 6.45. The molecule has 1 saturated heterocycles. The number of nitrogens with one attached hydrogen (secondary N) is 1. The first-order valence-electron chi connectivity index (χ1n) is 7.61. The Kier molecular flexibility index (Phi) is 5.45. The van der Waals surface area contributed by atoms with Gasteiger partial charge in [0.25, 0.3) is 0 Å². The topological polar surface area (TPSA) is 78.2 Å². The zero-order valence-electron chi connectivity index (χ0n) is 13.6. The van der Waals surface area contributed by atoms with E-state index < -0.39 is 11.7 Å². The number of hydrogen-bond donors (Lipinski definition) is 1. The van der Waals surface area contributed by atoms with Gasteiger partial charge in [0.2, 0.25) is 0 Å². The number of anilines is 1. The summed E-state index contributed by atoms with van der Waals surface area (Å²) in [6.07, 6.45) is 1.16. The molecule has 1 amide bonds. The van der Waals surface area contributed by atoms with E-state index in [1.807, 2.05) is 26.8 Å². The van der Waals surface area contributed by atoms with Crippen LogP contribution in [0, 0.1) is 11.3 Å². The van der Waals surface area contributed by atoms with Gasteiger partial charge in [-0.3, -0.25) is 4.90 Å². The van der Waals surface area contributed by atoms with E-state index in [-0.39, 0.29) is 16.8 Å². The molecule has 2 rings (SSSR count). The summed E-state index contributed by atoms with van der Waals surface area (Å²) in [6, 6.07) is 5.17. The summed E-state index contributed by atoms with van der Waals surface area (Å²) >= 11 is 6.03. The summed E-state index contributed by atoms with van der Waals surface area (Å²) in [7, 11) is 0. The van der Waals surface area contributed by atoms with Crippen LogP contribution in [-0.4, -0.2) is 35.8 Å². The fourth-order valence-corrected chi connectivity index (χ4v) is 2.64. The van der Waals surface area contributed by atoms with Crippen LogP contribution in [0.25, 0.3) is 0 Å². The van der Waals surface area contributed by atoms with Crippen molar-refractivity contribution in [3.05, 3.63) is 22.8 Å². The molecule has 1 aliphatic rings. The predicted molar refractivity (Wildman–Crippen MR) is 88.6 cm³/mol. The Morgan fingerprint density at radius 1 is 1.43 bits per heavy atom. The fraction of sp³-hybridized carbons (Fsp3) is 0.562. The lowest BCUT2D eigenvalue weighted by Gasteiger charge is -2.35. The fourth-order valence-electron chi connectivity index (χ4n) is 2.45. The quantitative estimate of drug-likeness (QED) is 0.839. The van der Waals surface area contributed by atoms with Crippen LogP contribution in [0.3, 0.4) is 0 Å². The van der Waals surface area contributed by atoms with Crippen molar-refractivity contribution in [1.29, 1.82) is 5.26 Å². The Hall–Kier alpha value is -1.84. The minimum atomic E-state index is -0.599. The highest BCUT2D eigenvalue weighted by atomic mass is 35.5. The Morgan fingerprint density at radius 2 is 2.09 bits per heavy atom. The Labute approximate surface area is 141 Å². The Morgan fingerprint density at radius 3 is 2.61 bits per heavy atom. The van der Waals surface area contributed by atoms with Gasteiger partial charge in [0.1, 0.15) is 22.6 Å². The smallest absolute Gasteiger partial charge is 0.416 e.